The zero-order chi connectivity index (χ0) is 13.8. The molecule has 7 heteroatoms. The lowest BCUT2D eigenvalue weighted by molar-refractivity contribution is 0.589. The van der Waals surface area contributed by atoms with Gasteiger partial charge in [-0.3, -0.25) is 0 Å². The lowest BCUT2D eigenvalue weighted by Gasteiger charge is -2.09. The van der Waals surface area contributed by atoms with Crippen LogP contribution >= 0.6 is 11.3 Å². The standard InChI is InChI=1S/C12H15N3O2S2/c1-6(19(2,16)17)11-14-10(13)9-7-4-3-5-8(7)18-12(9)15-11/h6H,3-5H2,1-2H3,(H2,13,14,15). The predicted molar refractivity (Wildman–Crippen MR) is 77.1 cm³/mol. The van der Waals surface area contributed by atoms with Crippen molar-refractivity contribution in [1.29, 1.82) is 0 Å². The summed E-state index contributed by atoms with van der Waals surface area (Å²) in [6.07, 6.45) is 4.42. The van der Waals surface area contributed by atoms with E-state index in [1.807, 2.05) is 0 Å². The average molecular weight is 297 g/mol. The van der Waals surface area contributed by atoms with Crippen molar-refractivity contribution in [2.45, 2.75) is 31.4 Å². The first-order valence-electron chi connectivity index (χ1n) is 6.14. The maximum absolute atomic E-state index is 11.6. The number of hydrogen-bond donors (Lipinski definition) is 1. The molecule has 0 saturated heterocycles. The molecule has 2 aromatic rings. The molecule has 19 heavy (non-hydrogen) atoms. The SMILES string of the molecule is CC(c1nc(N)c2c3c(sc2n1)CCC3)S(C)(=O)=O. The van der Waals surface area contributed by atoms with Crippen LogP contribution in [-0.4, -0.2) is 24.6 Å². The van der Waals surface area contributed by atoms with Gasteiger partial charge in [-0.25, -0.2) is 18.4 Å². The molecule has 0 radical (unpaired) electrons. The van der Waals surface area contributed by atoms with E-state index in [2.05, 4.69) is 9.97 Å². The topological polar surface area (TPSA) is 85.9 Å². The number of nitrogens with two attached hydrogens (primary N) is 1. The Hall–Kier alpha value is -1.21. The van der Waals surface area contributed by atoms with Crippen LogP contribution in [0.15, 0.2) is 0 Å². The monoisotopic (exact) mass is 297 g/mol. The Balaban J connectivity index is 2.21. The van der Waals surface area contributed by atoms with Gasteiger partial charge in [0.1, 0.15) is 21.7 Å². The van der Waals surface area contributed by atoms with Crippen molar-refractivity contribution in [3.05, 3.63) is 16.3 Å². The van der Waals surface area contributed by atoms with Gasteiger partial charge in [-0.1, -0.05) is 0 Å². The fraction of sp³-hybridized carbons (Fsp3) is 0.500. The van der Waals surface area contributed by atoms with Crippen LogP contribution in [0, 0.1) is 0 Å². The van der Waals surface area contributed by atoms with E-state index in [1.54, 1.807) is 18.3 Å². The number of rotatable bonds is 2. The lowest BCUT2D eigenvalue weighted by Crippen LogP contribution is -2.12. The summed E-state index contributed by atoms with van der Waals surface area (Å²) in [5, 5.41) is 0.207. The highest BCUT2D eigenvalue weighted by Crippen LogP contribution is 2.39. The number of sulfone groups is 1. The number of thiophene rings is 1. The van der Waals surface area contributed by atoms with Crippen LogP contribution in [0.5, 0.6) is 0 Å². The molecular weight excluding hydrogens is 282 g/mol. The fourth-order valence-electron chi connectivity index (χ4n) is 2.41. The molecule has 1 aliphatic rings. The average Bonchev–Trinajstić information content (AvgIpc) is 2.85. The van der Waals surface area contributed by atoms with Crippen LogP contribution in [0.2, 0.25) is 0 Å². The molecule has 1 atom stereocenters. The summed E-state index contributed by atoms with van der Waals surface area (Å²) >= 11 is 1.62. The molecule has 0 bridgehead atoms. The Labute approximate surface area is 115 Å². The van der Waals surface area contributed by atoms with Crippen LogP contribution < -0.4 is 5.73 Å². The number of fused-ring (bicyclic) bond motifs is 3. The van der Waals surface area contributed by atoms with E-state index in [4.69, 9.17) is 5.73 Å². The smallest absolute Gasteiger partial charge is 0.157 e. The van der Waals surface area contributed by atoms with Crippen LogP contribution in [0.1, 0.15) is 34.9 Å². The van der Waals surface area contributed by atoms with Gasteiger partial charge in [-0.2, -0.15) is 0 Å². The molecule has 3 rings (SSSR count). The van der Waals surface area contributed by atoms with Gasteiger partial charge >= 0.3 is 0 Å². The second-order valence-electron chi connectivity index (χ2n) is 4.98. The molecule has 1 aliphatic carbocycles. The summed E-state index contributed by atoms with van der Waals surface area (Å²) in [7, 11) is -3.21. The second kappa shape index (κ2) is 4.14. The minimum Gasteiger partial charge on any atom is -0.383 e. The molecule has 2 aromatic heterocycles. The molecule has 0 aliphatic heterocycles. The van der Waals surface area contributed by atoms with E-state index in [0.29, 0.717) is 11.6 Å². The minimum atomic E-state index is -3.21. The van der Waals surface area contributed by atoms with Crippen molar-refractivity contribution in [2.75, 3.05) is 12.0 Å². The van der Waals surface area contributed by atoms with E-state index in [0.717, 1.165) is 29.5 Å². The Morgan fingerprint density at radius 3 is 2.74 bits per heavy atom. The van der Waals surface area contributed by atoms with E-state index in [1.165, 1.54) is 16.7 Å². The highest BCUT2D eigenvalue weighted by Gasteiger charge is 2.25. The van der Waals surface area contributed by atoms with Crippen LogP contribution in [0.25, 0.3) is 10.2 Å². The third-order valence-electron chi connectivity index (χ3n) is 3.62. The van der Waals surface area contributed by atoms with Gasteiger partial charge in [0, 0.05) is 11.1 Å². The number of hydrogen-bond acceptors (Lipinski definition) is 6. The fourth-order valence-corrected chi connectivity index (χ4v) is 4.18. The van der Waals surface area contributed by atoms with Crippen molar-refractivity contribution in [2.24, 2.45) is 0 Å². The maximum Gasteiger partial charge on any atom is 0.157 e. The Kier molecular flexibility index (Phi) is 2.79. The van der Waals surface area contributed by atoms with Gasteiger partial charge < -0.3 is 5.73 Å². The summed E-state index contributed by atoms with van der Waals surface area (Å²) in [6, 6.07) is 0. The van der Waals surface area contributed by atoms with Crippen molar-refractivity contribution in [1.82, 2.24) is 9.97 Å². The minimum absolute atomic E-state index is 0.299. The summed E-state index contributed by atoms with van der Waals surface area (Å²) < 4.78 is 23.2. The van der Waals surface area contributed by atoms with Gasteiger partial charge in [-0.05, 0) is 31.7 Å². The summed E-state index contributed by atoms with van der Waals surface area (Å²) in [6.45, 7) is 1.59. The van der Waals surface area contributed by atoms with Crippen molar-refractivity contribution in [3.8, 4) is 0 Å². The number of nitrogen functional groups attached to an aromatic ring is 1. The quantitative estimate of drug-likeness (QED) is 0.914. The van der Waals surface area contributed by atoms with Crippen LogP contribution in [0.3, 0.4) is 0 Å². The molecule has 0 amide bonds. The van der Waals surface area contributed by atoms with Gasteiger partial charge in [0.2, 0.25) is 0 Å². The lowest BCUT2D eigenvalue weighted by atomic mass is 10.2. The summed E-state index contributed by atoms with van der Waals surface area (Å²) in [4.78, 5) is 10.8. The molecule has 0 spiro atoms. The molecule has 1 unspecified atom stereocenters. The zero-order valence-corrected chi connectivity index (χ0v) is 12.4. The van der Waals surface area contributed by atoms with E-state index in [-0.39, 0.29) is 0 Å². The van der Waals surface area contributed by atoms with E-state index >= 15 is 0 Å². The predicted octanol–water partition coefficient (Wildman–Crippen LogP) is 1.87. The first-order chi connectivity index (χ1) is 8.88. The highest BCUT2D eigenvalue weighted by atomic mass is 32.2. The van der Waals surface area contributed by atoms with Crippen molar-refractivity contribution < 1.29 is 8.42 Å². The highest BCUT2D eigenvalue weighted by molar-refractivity contribution is 7.90. The number of nitrogens with zero attached hydrogens (tertiary/aromatic N) is 2. The molecular formula is C12H15N3O2S2. The number of anilines is 1. The van der Waals surface area contributed by atoms with Crippen LogP contribution in [-0.2, 0) is 22.7 Å². The second-order valence-corrected chi connectivity index (χ2v) is 8.43. The van der Waals surface area contributed by atoms with Gasteiger partial charge in [0.05, 0.1) is 5.39 Å². The van der Waals surface area contributed by atoms with Crippen LogP contribution in [0.4, 0.5) is 5.82 Å². The normalized spacial score (nSPS) is 16.7. The molecule has 2 heterocycles. The first-order valence-corrected chi connectivity index (χ1v) is 8.91. The first kappa shape index (κ1) is 12.8. The Morgan fingerprint density at radius 1 is 1.32 bits per heavy atom. The number of aryl methyl sites for hydroxylation is 2. The third kappa shape index (κ3) is 2.01. The Morgan fingerprint density at radius 2 is 2.05 bits per heavy atom. The number of aromatic nitrogens is 2. The van der Waals surface area contributed by atoms with Gasteiger partial charge in [0.25, 0.3) is 0 Å². The van der Waals surface area contributed by atoms with Gasteiger partial charge in [0.15, 0.2) is 9.84 Å². The molecule has 2 N–H and O–H groups in total. The molecule has 102 valence electrons. The third-order valence-corrected chi connectivity index (χ3v) is 6.30. The summed E-state index contributed by atoms with van der Waals surface area (Å²) in [5.41, 5.74) is 7.28. The van der Waals surface area contributed by atoms with Crippen molar-refractivity contribution >= 4 is 37.2 Å². The molecule has 0 saturated carbocycles. The molecule has 5 nitrogen and oxygen atoms in total. The van der Waals surface area contributed by atoms with Crippen molar-refractivity contribution in [3.63, 3.8) is 0 Å². The zero-order valence-electron chi connectivity index (χ0n) is 10.8. The van der Waals surface area contributed by atoms with E-state index < -0.39 is 15.1 Å². The van der Waals surface area contributed by atoms with E-state index in [9.17, 15) is 8.42 Å². The summed E-state index contributed by atoms with van der Waals surface area (Å²) in [5.74, 6) is 0.710. The largest absolute Gasteiger partial charge is 0.383 e. The maximum atomic E-state index is 11.6. The molecule has 0 fully saturated rings. The Bertz CT molecular complexity index is 765. The molecule has 0 aromatic carbocycles. The van der Waals surface area contributed by atoms with Gasteiger partial charge in [-0.15, -0.1) is 11.3 Å².